The van der Waals surface area contributed by atoms with Crippen LogP contribution in [0.1, 0.15) is 18.4 Å². The lowest BCUT2D eigenvalue weighted by Crippen LogP contribution is -2.47. The van der Waals surface area contributed by atoms with E-state index in [2.05, 4.69) is 10.0 Å². The van der Waals surface area contributed by atoms with Crippen LogP contribution in [0, 0.1) is 12.3 Å². The van der Waals surface area contributed by atoms with Crippen LogP contribution in [0.15, 0.2) is 15.7 Å². The van der Waals surface area contributed by atoms with Crippen LogP contribution >= 0.6 is 23.7 Å². The molecule has 1 fully saturated rings. The number of nitrogens with one attached hydrogen (secondary N) is 2. The molecule has 0 amide bonds. The van der Waals surface area contributed by atoms with E-state index >= 15 is 0 Å². The second kappa shape index (κ2) is 7.89. The molecule has 0 unspecified atom stereocenters. The number of aryl methyl sites for hydroxylation is 1. The van der Waals surface area contributed by atoms with E-state index in [1.807, 2.05) is 13.0 Å². The van der Waals surface area contributed by atoms with Crippen LogP contribution in [0.5, 0.6) is 0 Å². The minimum absolute atomic E-state index is 0. The van der Waals surface area contributed by atoms with Gasteiger partial charge in [0.15, 0.2) is 0 Å². The molecule has 0 atom stereocenters. The van der Waals surface area contributed by atoms with Crippen molar-refractivity contribution in [1.29, 1.82) is 0 Å². The first-order chi connectivity index (χ1) is 9.49. The second-order valence-electron chi connectivity index (χ2n) is 5.40. The average molecular weight is 355 g/mol. The van der Waals surface area contributed by atoms with Crippen molar-refractivity contribution in [3.63, 3.8) is 0 Å². The van der Waals surface area contributed by atoms with E-state index in [0.717, 1.165) is 31.5 Å². The Labute approximate surface area is 136 Å². The number of rotatable bonds is 6. The summed E-state index contributed by atoms with van der Waals surface area (Å²) in [4.78, 5) is 0. The standard InChI is InChI=1S/C13H22N2O3S2.ClH/c1-11-3-8-19-12(11)20(16,17)15-9-13(10-18-2)4-6-14-7-5-13;/h3,8,14-15H,4-7,9-10H2,1-2H3;1H. The Hall–Kier alpha value is -0.180. The van der Waals surface area contributed by atoms with Gasteiger partial charge in [-0.1, -0.05) is 0 Å². The van der Waals surface area contributed by atoms with Crippen LogP contribution in [0.4, 0.5) is 0 Å². The van der Waals surface area contributed by atoms with Crippen LogP contribution in [-0.4, -0.2) is 41.8 Å². The molecule has 1 aromatic heterocycles. The zero-order valence-corrected chi connectivity index (χ0v) is 14.8. The van der Waals surface area contributed by atoms with Crippen LogP contribution < -0.4 is 10.0 Å². The highest BCUT2D eigenvalue weighted by atomic mass is 35.5. The molecule has 2 rings (SSSR count). The Morgan fingerprint density at radius 3 is 2.62 bits per heavy atom. The molecule has 0 bridgehead atoms. The first kappa shape index (κ1) is 18.9. The van der Waals surface area contributed by atoms with Gasteiger partial charge in [-0.3, -0.25) is 0 Å². The SMILES string of the molecule is COCC1(CNS(=O)(=O)c2sccc2C)CCNCC1.Cl. The maximum atomic E-state index is 12.3. The predicted octanol–water partition coefficient (Wildman–Crippen LogP) is 1.77. The van der Waals surface area contributed by atoms with Gasteiger partial charge in [0, 0.05) is 19.1 Å². The minimum Gasteiger partial charge on any atom is -0.384 e. The highest BCUT2D eigenvalue weighted by Gasteiger charge is 2.34. The Kier molecular flexibility index (Phi) is 7.09. The molecular weight excluding hydrogens is 332 g/mol. The molecule has 1 saturated heterocycles. The van der Waals surface area contributed by atoms with Crippen molar-refractivity contribution in [3.8, 4) is 0 Å². The van der Waals surface area contributed by atoms with Gasteiger partial charge in [-0.25, -0.2) is 13.1 Å². The van der Waals surface area contributed by atoms with Crippen molar-refractivity contribution in [3.05, 3.63) is 17.0 Å². The lowest BCUT2D eigenvalue weighted by Gasteiger charge is -2.37. The van der Waals surface area contributed by atoms with Crippen molar-refractivity contribution >= 4 is 33.8 Å². The van der Waals surface area contributed by atoms with Gasteiger partial charge in [0.2, 0.25) is 10.0 Å². The summed E-state index contributed by atoms with van der Waals surface area (Å²) in [5.74, 6) is 0. The molecule has 1 aliphatic rings. The van der Waals surface area contributed by atoms with E-state index in [4.69, 9.17) is 4.74 Å². The third-order valence-electron chi connectivity index (χ3n) is 3.81. The summed E-state index contributed by atoms with van der Waals surface area (Å²) in [6.07, 6.45) is 1.85. The monoisotopic (exact) mass is 354 g/mol. The van der Waals surface area contributed by atoms with Crippen molar-refractivity contribution in [2.45, 2.75) is 24.0 Å². The van der Waals surface area contributed by atoms with Crippen LogP contribution in [-0.2, 0) is 14.8 Å². The summed E-state index contributed by atoms with van der Waals surface area (Å²) in [5, 5.41) is 5.11. The summed E-state index contributed by atoms with van der Waals surface area (Å²) in [6.45, 7) is 4.65. The molecule has 0 saturated carbocycles. The quantitative estimate of drug-likeness (QED) is 0.817. The molecule has 5 nitrogen and oxygen atoms in total. The van der Waals surface area contributed by atoms with Gasteiger partial charge in [-0.15, -0.1) is 23.7 Å². The summed E-state index contributed by atoms with van der Waals surface area (Å²) in [7, 11) is -1.74. The predicted molar refractivity (Wildman–Crippen MR) is 87.9 cm³/mol. The highest BCUT2D eigenvalue weighted by Crippen LogP contribution is 2.29. The zero-order valence-electron chi connectivity index (χ0n) is 12.3. The fraction of sp³-hybridized carbons (Fsp3) is 0.692. The Morgan fingerprint density at radius 1 is 1.43 bits per heavy atom. The molecule has 2 heterocycles. The third kappa shape index (κ3) is 4.64. The van der Waals surface area contributed by atoms with Gasteiger partial charge < -0.3 is 10.1 Å². The lowest BCUT2D eigenvalue weighted by atomic mass is 9.80. The number of thiophene rings is 1. The number of methoxy groups -OCH3 is 1. The summed E-state index contributed by atoms with van der Waals surface area (Å²) >= 11 is 1.26. The molecule has 8 heteroatoms. The molecular formula is C13H23ClN2O3S2. The largest absolute Gasteiger partial charge is 0.384 e. The van der Waals surface area contributed by atoms with E-state index in [1.165, 1.54) is 11.3 Å². The Morgan fingerprint density at radius 2 is 2.10 bits per heavy atom. The minimum atomic E-state index is -3.41. The van der Waals surface area contributed by atoms with Gasteiger partial charge in [0.05, 0.1) is 6.61 Å². The van der Waals surface area contributed by atoms with Crippen molar-refractivity contribution in [1.82, 2.24) is 10.0 Å². The number of ether oxygens (including phenoxy) is 1. The lowest BCUT2D eigenvalue weighted by molar-refractivity contribution is 0.0577. The van der Waals surface area contributed by atoms with Crippen molar-refractivity contribution in [2.24, 2.45) is 5.41 Å². The summed E-state index contributed by atoms with van der Waals surface area (Å²) in [6, 6.07) is 1.83. The average Bonchev–Trinajstić information content (AvgIpc) is 2.85. The molecule has 0 aliphatic carbocycles. The van der Waals surface area contributed by atoms with E-state index in [-0.39, 0.29) is 17.8 Å². The summed E-state index contributed by atoms with van der Waals surface area (Å²) in [5.41, 5.74) is 0.701. The molecule has 2 N–H and O–H groups in total. The molecule has 122 valence electrons. The zero-order chi connectivity index (χ0) is 14.6. The van der Waals surface area contributed by atoms with Gasteiger partial charge in [0.25, 0.3) is 0 Å². The number of halogens is 1. The summed E-state index contributed by atoms with van der Waals surface area (Å²) < 4.78 is 33.2. The number of hydrogen-bond donors (Lipinski definition) is 2. The highest BCUT2D eigenvalue weighted by molar-refractivity contribution is 7.91. The topological polar surface area (TPSA) is 67.4 Å². The van der Waals surface area contributed by atoms with Crippen molar-refractivity contribution < 1.29 is 13.2 Å². The van der Waals surface area contributed by atoms with Gasteiger partial charge in [-0.2, -0.15) is 0 Å². The fourth-order valence-electron chi connectivity index (χ4n) is 2.58. The van der Waals surface area contributed by atoms with Gasteiger partial charge >= 0.3 is 0 Å². The van der Waals surface area contributed by atoms with Crippen LogP contribution in [0.3, 0.4) is 0 Å². The smallest absolute Gasteiger partial charge is 0.250 e. The third-order valence-corrected chi connectivity index (χ3v) is 6.90. The van der Waals surface area contributed by atoms with E-state index < -0.39 is 10.0 Å². The first-order valence-corrected chi connectivity index (χ1v) is 9.09. The Balaban J connectivity index is 0.00000220. The maximum Gasteiger partial charge on any atom is 0.250 e. The molecule has 1 aromatic rings. The van der Waals surface area contributed by atoms with Crippen molar-refractivity contribution in [2.75, 3.05) is 33.4 Å². The molecule has 21 heavy (non-hydrogen) atoms. The Bertz CT molecular complexity index is 534. The number of sulfonamides is 1. The van der Waals surface area contributed by atoms with Crippen LogP contribution in [0.2, 0.25) is 0 Å². The molecule has 1 aliphatic heterocycles. The first-order valence-electron chi connectivity index (χ1n) is 6.73. The van der Waals surface area contributed by atoms with Gasteiger partial charge in [-0.05, 0) is 49.9 Å². The molecule has 0 spiro atoms. The van der Waals surface area contributed by atoms with E-state index in [0.29, 0.717) is 17.4 Å². The molecule has 0 radical (unpaired) electrons. The number of hydrogen-bond acceptors (Lipinski definition) is 5. The van der Waals surface area contributed by atoms with E-state index in [9.17, 15) is 8.42 Å². The number of piperidine rings is 1. The normalized spacial score (nSPS) is 18.2. The maximum absolute atomic E-state index is 12.3. The van der Waals surface area contributed by atoms with Crippen LogP contribution in [0.25, 0.3) is 0 Å². The second-order valence-corrected chi connectivity index (χ2v) is 8.28. The molecule has 0 aromatic carbocycles. The van der Waals surface area contributed by atoms with Gasteiger partial charge in [0.1, 0.15) is 4.21 Å². The fourth-order valence-corrected chi connectivity index (χ4v) is 5.20. The van der Waals surface area contributed by atoms with E-state index in [1.54, 1.807) is 12.5 Å².